The second-order valence-corrected chi connectivity index (χ2v) is 8.29. The number of fused-ring (bicyclic) bond motifs is 2. The first kappa shape index (κ1) is 20.3. The van der Waals surface area contributed by atoms with E-state index in [0.29, 0.717) is 0 Å². The number of hydrogen-bond acceptors (Lipinski definition) is 4. The number of imidazole rings is 2. The minimum Gasteiger partial charge on any atom is -0.323 e. The lowest BCUT2D eigenvalue weighted by atomic mass is 10.2. The molecule has 0 aliphatic rings. The lowest BCUT2D eigenvalue weighted by Gasteiger charge is -2.11. The van der Waals surface area contributed by atoms with Gasteiger partial charge in [-0.2, -0.15) is 0 Å². The summed E-state index contributed by atoms with van der Waals surface area (Å²) in [5.41, 5.74) is 6.09. The van der Waals surface area contributed by atoms with E-state index in [2.05, 4.69) is 55.5 Å². The molecule has 6 aromatic rings. The maximum Gasteiger partial charge on any atom is 0.159 e. The van der Waals surface area contributed by atoms with Crippen LogP contribution in [0.15, 0.2) is 97.3 Å². The number of pyridine rings is 2. The predicted octanol–water partition coefficient (Wildman–Crippen LogP) is 5.99. The highest BCUT2D eigenvalue weighted by Crippen LogP contribution is 2.26. The zero-order valence-electron chi connectivity index (χ0n) is 18.7. The van der Waals surface area contributed by atoms with Crippen molar-refractivity contribution in [2.75, 3.05) is 0 Å². The lowest BCUT2D eigenvalue weighted by Crippen LogP contribution is -2.05. The molecule has 2 aromatic carbocycles. The van der Waals surface area contributed by atoms with Gasteiger partial charge in [-0.1, -0.05) is 36.4 Å². The topological polar surface area (TPSA) is 61.4 Å². The normalized spacial score (nSPS) is 11.4. The summed E-state index contributed by atoms with van der Waals surface area (Å²) >= 11 is 0. The fraction of sp³-hybridized carbons (Fsp3) is 0.143. The molecule has 0 aliphatic heterocycles. The molecule has 34 heavy (non-hydrogen) atoms. The van der Waals surface area contributed by atoms with Crippen LogP contribution in [0.4, 0.5) is 0 Å². The van der Waals surface area contributed by atoms with Crippen LogP contribution in [0.3, 0.4) is 0 Å². The van der Waals surface area contributed by atoms with Crippen LogP contribution in [0.2, 0.25) is 0 Å². The van der Waals surface area contributed by atoms with Gasteiger partial charge in [-0.15, -0.1) is 0 Å². The van der Waals surface area contributed by atoms with E-state index in [1.54, 1.807) is 0 Å². The molecular formula is C28H24N6. The van der Waals surface area contributed by atoms with Crippen LogP contribution in [-0.2, 0) is 13.1 Å². The van der Waals surface area contributed by atoms with E-state index in [9.17, 15) is 0 Å². The van der Waals surface area contributed by atoms with Crippen LogP contribution in [0.1, 0.15) is 12.8 Å². The summed E-state index contributed by atoms with van der Waals surface area (Å²) in [5.74, 6) is 1.84. The van der Waals surface area contributed by atoms with E-state index < -0.39 is 0 Å². The van der Waals surface area contributed by atoms with Crippen molar-refractivity contribution in [1.29, 1.82) is 0 Å². The number of para-hydroxylation sites is 4. The molecule has 0 bridgehead atoms. The molecule has 0 fully saturated rings. The van der Waals surface area contributed by atoms with Crippen molar-refractivity contribution in [3.63, 3.8) is 0 Å². The van der Waals surface area contributed by atoms with Gasteiger partial charge in [-0.25, -0.2) is 9.97 Å². The zero-order chi connectivity index (χ0) is 22.7. The van der Waals surface area contributed by atoms with Crippen molar-refractivity contribution in [1.82, 2.24) is 29.1 Å². The molecule has 0 N–H and O–H groups in total. The van der Waals surface area contributed by atoms with Gasteiger partial charge in [-0.05, 0) is 61.4 Å². The van der Waals surface area contributed by atoms with Gasteiger partial charge in [0.15, 0.2) is 11.6 Å². The summed E-state index contributed by atoms with van der Waals surface area (Å²) in [5, 5.41) is 0. The molecule has 6 nitrogen and oxygen atoms in total. The number of aromatic nitrogens is 6. The first-order chi connectivity index (χ1) is 16.9. The van der Waals surface area contributed by atoms with Crippen LogP contribution in [0.5, 0.6) is 0 Å². The lowest BCUT2D eigenvalue weighted by molar-refractivity contribution is 0.570. The smallest absolute Gasteiger partial charge is 0.159 e. The Hall–Kier alpha value is -4.32. The molecule has 6 heteroatoms. The molecule has 0 amide bonds. The molecule has 0 saturated carbocycles. The zero-order valence-corrected chi connectivity index (χ0v) is 18.7. The number of unbranched alkanes of at least 4 members (excludes halogenated alkanes) is 1. The van der Waals surface area contributed by atoms with Gasteiger partial charge in [0.2, 0.25) is 0 Å². The molecule has 6 rings (SSSR count). The van der Waals surface area contributed by atoms with Gasteiger partial charge < -0.3 is 9.13 Å². The number of hydrogen-bond donors (Lipinski definition) is 0. The maximum absolute atomic E-state index is 4.88. The molecular weight excluding hydrogens is 420 g/mol. The first-order valence-corrected chi connectivity index (χ1v) is 11.6. The van der Waals surface area contributed by atoms with E-state index in [0.717, 1.165) is 71.0 Å². The highest BCUT2D eigenvalue weighted by Gasteiger charge is 2.15. The molecule has 0 radical (unpaired) electrons. The van der Waals surface area contributed by atoms with E-state index in [1.165, 1.54) is 0 Å². The van der Waals surface area contributed by atoms with Gasteiger partial charge in [0, 0.05) is 25.5 Å². The Morgan fingerprint density at radius 1 is 0.500 bits per heavy atom. The number of aryl methyl sites for hydroxylation is 2. The van der Waals surface area contributed by atoms with Crippen LogP contribution in [0, 0.1) is 0 Å². The second kappa shape index (κ2) is 8.90. The average molecular weight is 445 g/mol. The third-order valence-electron chi connectivity index (χ3n) is 6.11. The first-order valence-electron chi connectivity index (χ1n) is 11.6. The third kappa shape index (κ3) is 3.73. The Kier molecular flexibility index (Phi) is 5.32. The summed E-state index contributed by atoms with van der Waals surface area (Å²) in [6.07, 6.45) is 5.66. The van der Waals surface area contributed by atoms with Crippen molar-refractivity contribution in [3.8, 4) is 23.0 Å². The molecule has 166 valence electrons. The third-order valence-corrected chi connectivity index (χ3v) is 6.11. The standard InChI is InChI=1S/C28H24N6/c1-3-15-25-21(11-1)31-27(23-13-5-7-17-29-23)33(25)19-9-10-20-34-26-16-4-2-12-22(26)32-28(34)24-14-6-8-18-30-24/h1-8,11-18H,9-10,19-20H2. The second-order valence-electron chi connectivity index (χ2n) is 8.29. The van der Waals surface area contributed by atoms with E-state index in [1.807, 2.05) is 60.9 Å². The van der Waals surface area contributed by atoms with Crippen LogP contribution in [0.25, 0.3) is 45.1 Å². The molecule has 4 heterocycles. The summed E-state index contributed by atoms with van der Waals surface area (Å²) in [7, 11) is 0. The van der Waals surface area contributed by atoms with Crippen molar-refractivity contribution in [3.05, 3.63) is 97.3 Å². The Balaban J connectivity index is 1.27. The summed E-state index contributed by atoms with van der Waals surface area (Å²) in [6.45, 7) is 1.75. The summed E-state index contributed by atoms with van der Waals surface area (Å²) in [6, 6.07) is 28.5. The van der Waals surface area contributed by atoms with Crippen molar-refractivity contribution in [2.45, 2.75) is 25.9 Å². The Morgan fingerprint density at radius 3 is 1.38 bits per heavy atom. The maximum atomic E-state index is 4.88. The summed E-state index contributed by atoms with van der Waals surface area (Å²) < 4.78 is 4.59. The van der Waals surface area contributed by atoms with Crippen LogP contribution in [-0.4, -0.2) is 29.1 Å². The number of nitrogens with zero attached hydrogens (tertiary/aromatic N) is 6. The highest BCUT2D eigenvalue weighted by molar-refractivity contribution is 5.80. The molecule has 0 saturated heterocycles. The highest BCUT2D eigenvalue weighted by atomic mass is 15.1. The molecule has 0 atom stereocenters. The quantitative estimate of drug-likeness (QED) is 0.284. The van der Waals surface area contributed by atoms with E-state index in [-0.39, 0.29) is 0 Å². The van der Waals surface area contributed by atoms with Crippen LogP contribution < -0.4 is 0 Å². The van der Waals surface area contributed by atoms with Gasteiger partial charge >= 0.3 is 0 Å². The van der Waals surface area contributed by atoms with E-state index >= 15 is 0 Å². The Morgan fingerprint density at radius 2 is 0.941 bits per heavy atom. The molecule has 4 aromatic heterocycles. The molecule has 0 unspecified atom stereocenters. The van der Waals surface area contributed by atoms with Gasteiger partial charge in [0.05, 0.1) is 22.1 Å². The number of rotatable bonds is 7. The molecule has 0 aliphatic carbocycles. The van der Waals surface area contributed by atoms with Gasteiger partial charge in [0.25, 0.3) is 0 Å². The Labute approximate surface area is 197 Å². The largest absolute Gasteiger partial charge is 0.323 e. The van der Waals surface area contributed by atoms with Crippen molar-refractivity contribution >= 4 is 22.1 Å². The summed E-state index contributed by atoms with van der Waals surface area (Å²) in [4.78, 5) is 18.9. The van der Waals surface area contributed by atoms with Crippen LogP contribution >= 0.6 is 0 Å². The van der Waals surface area contributed by atoms with Gasteiger partial charge in [0.1, 0.15) is 11.4 Å². The molecule has 0 spiro atoms. The average Bonchev–Trinajstić information content (AvgIpc) is 3.46. The minimum absolute atomic E-state index is 0.873. The monoisotopic (exact) mass is 444 g/mol. The fourth-order valence-corrected chi connectivity index (χ4v) is 4.52. The minimum atomic E-state index is 0.873. The predicted molar refractivity (Wildman–Crippen MR) is 135 cm³/mol. The Bertz CT molecular complexity index is 1430. The number of benzene rings is 2. The van der Waals surface area contributed by atoms with Crippen molar-refractivity contribution < 1.29 is 0 Å². The van der Waals surface area contributed by atoms with E-state index in [4.69, 9.17) is 9.97 Å². The van der Waals surface area contributed by atoms with Gasteiger partial charge in [-0.3, -0.25) is 9.97 Å². The van der Waals surface area contributed by atoms with Crippen molar-refractivity contribution in [2.24, 2.45) is 0 Å². The fourth-order valence-electron chi connectivity index (χ4n) is 4.52. The SMILES string of the molecule is c1ccc(-c2nc3ccccc3n2CCCCn2c(-c3ccccn3)nc3ccccc32)nc1.